The van der Waals surface area contributed by atoms with E-state index in [2.05, 4.69) is 10.0 Å². The van der Waals surface area contributed by atoms with Gasteiger partial charge in [-0.2, -0.15) is 0 Å². The number of hydrogen-bond donors (Lipinski definition) is 2. The summed E-state index contributed by atoms with van der Waals surface area (Å²) < 4.78 is 40.2. The highest BCUT2D eigenvalue weighted by Crippen LogP contribution is 2.17. The predicted octanol–water partition coefficient (Wildman–Crippen LogP) is 3.91. The summed E-state index contributed by atoms with van der Waals surface area (Å²) in [5.74, 6) is -0.722. The van der Waals surface area contributed by atoms with E-state index in [1.807, 2.05) is 31.2 Å². The smallest absolute Gasteiger partial charge is 0.261 e. The van der Waals surface area contributed by atoms with Crippen LogP contribution in [0.2, 0.25) is 0 Å². The number of sulfonamides is 1. The Morgan fingerprint density at radius 2 is 1.59 bits per heavy atom. The summed E-state index contributed by atoms with van der Waals surface area (Å²) in [5, 5.41) is 2.84. The Balaban J connectivity index is 1.60. The van der Waals surface area contributed by atoms with Crippen LogP contribution < -0.4 is 10.0 Å². The van der Waals surface area contributed by atoms with Gasteiger partial charge in [-0.1, -0.05) is 24.3 Å². The summed E-state index contributed by atoms with van der Waals surface area (Å²) in [7, 11) is -3.83. The Hall–Kier alpha value is -3.19. The highest BCUT2D eigenvalue weighted by atomic mass is 32.2. The zero-order chi connectivity index (χ0) is 20.9. The zero-order valence-electron chi connectivity index (χ0n) is 15.9. The lowest BCUT2D eigenvalue weighted by Gasteiger charge is -2.10. The lowest BCUT2D eigenvalue weighted by atomic mass is 10.1. The first-order valence-electron chi connectivity index (χ1n) is 9.06. The molecule has 0 aliphatic heterocycles. The van der Waals surface area contributed by atoms with Crippen molar-refractivity contribution >= 4 is 21.6 Å². The molecule has 2 N–H and O–H groups in total. The minimum absolute atomic E-state index is 0.0123. The normalized spacial score (nSPS) is 11.1. The number of anilines is 1. The van der Waals surface area contributed by atoms with Crippen molar-refractivity contribution in [2.45, 2.75) is 18.2 Å². The summed E-state index contributed by atoms with van der Waals surface area (Å²) in [4.78, 5) is 12.3. The maximum Gasteiger partial charge on any atom is 0.261 e. The second-order valence-electron chi connectivity index (χ2n) is 6.57. The third-order valence-corrected chi connectivity index (χ3v) is 5.86. The van der Waals surface area contributed by atoms with Crippen LogP contribution in [0.25, 0.3) is 0 Å². The zero-order valence-corrected chi connectivity index (χ0v) is 16.7. The number of halogens is 1. The first-order valence-corrected chi connectivity index (χ1v) is 10.5. The molecule has 3 aromatic carbocycles. The molecule has 150 valence electrons. The van der Waals surface area contributed by atoms with Gasteiger partial charge in [0, 0.05) is 17.8 Å². The minimum Gasteiger partial charge on any atom is -0.352 e. The second kappa shape index (κ2) is 8.87. The van der Waals surface area contributed by atoms with Crippen molar-refractivity contribution in [2.75, 3.05) is 11.3 Å². The van der Waals surface area contributed by atoms with Gasteiger partial charge in [0.05, 0.1) is 4.90 Å². The molecule has 0 aromatic heterocycles. The van der Waals surface area contributed by atoms with E-state index in [1.54, 1.807) is 0 Å². The number of amides is 1. The summed E-state index contributed by atoms with van der Waals surface area (Å²) >= 11 is 0. The Kier molecular flexibility index (Phi) is 6.29. The first-order chi connectivity index (χ1) is 13.8. The van der Waals surface area contributed by atoms with Crippen LogP contribution in [0.3, 0.4) is 0 Å². The van der Waals surface area contributed by atoms with E-state index < -0.39 is 15.8 Å². The molecule has 0 bridgehead atoms. The highest BCUT2D eigenvalue weighted by molar-refractivity contribution is 7.92. The molecule has 0 radical (unpaired) electrons. The molecular weight excluding hydrogens is 391 g/mol. The van der Waals surface area contributed by atoms with E-state index in [1.165, 1.54) is 59.7 Å². The van der Waals surface area contributed by atoms with Gasteiger partial charge >= 0.3 is 0 Å². The van der Waals surface area contributed by atoms with E-state index in [4.69, 9.17) is 0 Å². The molecule has 29 heavy (non-hydrogen) atoms. The van der Waals surface area contributed by atoms with E-state index in [0.717, 1.165) is 0 Å². The van der Waals surface area contributed by atoms with Gasteiger partial charge in [-0.25, -0.2) is 12.8 Å². The van der Waals surface area contributed by atoms with E-state index in [-0.39, 0.29) is 16.5 Å². The number of nitrogens with one attached hydrogen (secondary N) is 2. The molecule has 7 heteroatoms. The van der Waals surface area contributed by atoms with Crippen LogP contribution in [0.15, 0.2) is 77.7 Å². The van der Waals surface area contributed by atoms with E-state index >= 15 is 0 Å². The van der Waals surface area contributed by atoms with Gasteiger partial charge < -0.3 is 5.32 Å². The highest BCUT2D eigenvalue weighted by Gasteiger charge is 2.15. The summed E-state index contributed by atoms with van der Waals surface area (Å²) in [5.41, 5.74) is 2.96. The van der Waals surface area contributed by atoms with Crippen LogP contribution in [0.5, 0.6) is 0 Å². The van der Waals surface area contributed by atoms with Gasteiger partial charge in [0.25, 0.3) is 15.9 Å². The van der Waals surface area contributed by atoms with Crippen LogP contribution in [0, 0.1) is 12.7 Å². The maximum absolute atomic E-state index is 13.0. The van der Waals surface area contributed by atoms with Crippen molar-refractivity contribution in [1.29, 1.82) is 0 Å². The molecule has 3 aromatic rings. The maximum atomic E-state index is 13.0. The van der Waals surface area contributed by atoms with E-state index in [9.17, 15) is 17.6 Å². The van der Waals surface area contributed by atoms with Crippen LogP contribution in [-0.2, 0) is 16.4 Å². The van der Waals surface area contributed by atoms with Crippen LogP contribution in [0.1, 0.15) is 21.5 Å². The van der Waals surface area contributed by atoms with Gasteiger partial charge in [0.1, 0.15) is 5.82 Å². The molecule has 1 amide bonds. The van der Waals surface area contributed by atoms with Gasteiger partial charge in [0.2, 0.25) is 0 Å². The molecule has 0 atom stereocenters. The molecule has 0 saturated carbocycles. The Labute approximate surface area is 169 Å². The Bertz CT molecular complexity index is 1100. The third kappa shape index (κ3) is 5.42. The van der Waals surface area contributed by atoms with Crippen LogP contribution >= 0.6 is 0 Å². The standard InChI is InChI=1S/C22H21FN2O3S/c1-16-4-2-3-5-17(16)14-15-24-22(26)18-6-12-21(13-7-18)29(27,28)25-20-10-8-19(23)9-11-20/h2-13,25H,14-15H2,1H3,(H,24,26). The summed E-state index contributed by atoms with van der Waals surface area (Å²) in [6.07, 6.45) is 0.715. The molecule has 0 saturated heterocycles. The Morgan fingerprint density at radius 3 is 2.24 bits per heavy atom. The van der Waals surface area contributed by atoms with Crippen LogP contribution in [0.4, 0.5) is 10.1 Å². The lowest BCUT2D eigenvalue weighted by Crippen LogP contribution is -2.26. The number of carbonyl (C=O) groups is 1. The van der Waals surface area contributed by atoms with Crippen molar-refractivity contribution in [3.63, 3.8) is 0 Å². The number of rotatable bonds is 7. The van der Waals surface area contributed by atoms with Crippen molar-refractivity contribution in [1.82, 2.24) is 5.32 Å². The molecule has 3 rings (SSSR count). The first kappa shape index (κ1) is 20.5. The molecule has 0 fully saturated rings. The number of benzene rings is 3. The minimum atomic E-state index is -3.83. The monoisotopic (exact) mass is 412 g/mol. The quantitative estimate of drug-likeness (QED) is 0.618. The summed E-state index contributed by atoms with van der Waals surface area (Å²) in [6.45, 7) is 2.51. The van der Waals surface area contributed by atoms with Gasteiger partial charge in [-0.05, 0) is 73.0 Å². The van der Waals surface area contributed by atoms with Crippen molar-refractivity contribution < 1.29 is 17.6 Å². The predicted molar refractivity (Wildman–Crippen MR) is 111 cm³/mol. The molecule has 0 unspecified atom stereocenters. The third-order valence-electron chi connectivity index (χ3n) is 4.46. The Morgan fingerprint density at radius 1 is 0.931 bits per heavy atom. The molecular formula is C22H21FN2O3S. The molecule has 5 nitrogen and oxygen atoms in total. The molecule has 0 spiro atoms. The fourth-order valence-corrected chi connectivity index (χ4v) is 3.88. The molecule has 0 aliphatic carbocycles. The number of hydrogen-bond acceptors (Lipinski definition) is 3. The second-order valence-corrected chi connectivity index (χ2v) is 8.25. The van der Waals surface area contributed by atoms with Gasteiger partial charge in [0.15, 0.2) is 0 Å². The summed E-state index contributed by atoms with van der Waals surface area (Å²) in [6, 6.07) is 18.6. The average Bonchev–Trinajstić information content (AvgIpc) is 2.71. The fraction of sp³-hybridized carbons (Fsp3) is 0.136. The SMILES string of the molecule is Cc1ccccc1CCNC(=O)c1ccc(S(=O)(=O)Nc2ccc(F)cc2)cc1. The fourth-order valence-electron chi connectivity index (χ4n) is 2.82. The topological polar surface area (TPSA) is 75.3 Å². The van der Waals surface area contributed by atoms with Crippen molar-refractivity contribution in [3.8, 4) is 0 Å². The largest absolute Gasteiger partial charge is 0.352 e. The number of aryl methyl sites for hydroxylation is 1. The average molecular weight is 412 g/mol. The van der Waals surface area contributed by atoms with E-state index in [0.29, 0.717) is 18.5 Å². The molecule has 0 heterocycles. The van der Waals surface area contributed by atoms with Crippen LogP contribution in [-0.4, -0.2) is 20.9 Å². The number of carbonyl (C=O) groups excluding carboxylic acids is 1. The van der Waals surface area contributed by atoms with Crippen molar-refractivity contribution in [3.05, 3.63) is 95.3 Å². The van der Waals surface area contributed by atoms with Gasteiger partial charge in [-0.3, -0.25) is 9.52 Å². The van der Waals surface area contributed by atoms with Crippen molar-refractivity contribution in [2.24, 2.45) is 0 Å². The lowest BCUT2D eigenvalue weighted by molar-refractivity contribution is 0.0954. The molecule has 0 aliphatic rings. The van der Waals surface area contributed by atoms with Gasteiger partial charge in [-0.15, -0.1) is 0 Å².